The van der Waals surface area contributed by atoms with Crippen LogP contribution in [-0.4, -0.2) is 31.7 Å². The number of nitrogens with two attached hydrogens (primary N) is 1. The Morgan fingerprint density at radius 3 is 2.65 bits per heavy atom. The number of nitrogen functional groups attached to an aromatic ring is 1. The summed E-state index contributed by atoms with van der Waals surface area (Å²) in [7, 11) is 1.75. The molecule has 0 unspecified atom stereocenters. The summed E-state index contributed by atoms with van der Waals surface area (Å²) in [5, 5.41) is 0. The van der Waals surface area contributed by atoms with Crippen molar-refractivity contribution in [2.75, 3.05) is 32.5 Å². The first-order chi connectivity index (χ1) is 8.27. The molecule has 0 saturated carbocycles. The maximum Gasteiger partial charge on any atom is 0.0462 e. The van der Waals surface area contributed by atoms with Crippen LogP contribution < -0.4 is 5.73 Å². The second kappa shape index (κ2) is 8.09. The summed E-state index contributed by atoms with van der Waals surface area (Å²) < 4.78 is 5.06. The Kier molecular flexibility index (Phi) is 6.67. The predicted molar refractivity (Wildman–Crippen MR) is 72.9 cm³/mol. The van der Waals surface area contributed by atoms with Gasteiger partial charge in [0.2, 0.25) is 0 Å². The maximum atomic E-state index is 5.95. The second-order valence-corrected chi connectivity index (χ2v) is 4.27. The van der Waals surface area contributed by atoms with Crippen molar-refractivity contribution in [1.82, 2.24) is 4.90 Å². The highest BCUT2D eigenvalue weighted by Gasteiger charge is 2.05. The van der Waals surface area contributed by atoms with Crippen molar-refractivity contribution in [1.29, 1.82) is 0 Å². The first-order valence-corrected chi connectivity index (χ1v) is 6.32. The fourth-order valence-corrected chi connectivity index (χ4v) is 1.85. The SMILES string of the molecule is CCN(CCCCOC)Cc1ccccc1N. The summed E-state index contributed by atoms with van der Waals surface area (Å²) >= 11 is 0. The molecule has 0 aliphatic heterocycles. The van der Waals surface area contributed by atoms with E-state index in [0.29, 0.717) is 0 Å². The van der Waals surface area contributed by atoms with Gasteiger partial charge in [0.1, 0.15) is 0 Å². The van der Waals surface area contributed by atoms with Crippen molar-refractivity contribution in [2.45, 2.75) is 26.3 Å². The fraction of sp³-hybridized carbons (Fsp3) is 0.571. The zero-order chi connectivity index (χ0) is 12.5. The van der Waals surface area contributed by atoms with Crippen LogP contribution in [0.4, 0.5) is 5.69 Å². The molecular weight excluding hydrogens is 212 g/mol. The van der Waals surface area contributed by atoms with Crippen LogP contribution in [0.1, 0.15) is 25.3 Å². The molecule has 1 aromatic rings. The average Bonchev–Trinajstić information content (AvgIpc) is 2.35. The lowest BCUT2D eigenvalue weighted by Crippen LogP contribution is -2.24. The number of nitrogens with zero attached hydrogens (tertiary/aromatic N) is 1. The summed E-state index contributed by atoms with van der Waals surface area (Å²) in [6, 6.07) is 8.10. The third kappa shape index (κ3) is 5.20. The lowest BCUT2D eigenvalue weighted by Gasteiger charge is -2.21. The molecule has 0 radical (unpaired) electrons. The van der Waals surface area contributed by atoms with Crippen LogP contribution >= 0.6 is 0 Å². The highest BCUT2D eigenvalue weighted by Crippen LogP contribution is 2.13. The van der Waals surface area contributed by atoms with Gasteiger partial charge in [0.05, 0.1) is 0 Å². The van der Waals surface area contributed by atoms with Gasteiger partial charge in [0.15, 0.2) is 0 Å². The first-order valence-electron chi connectivity index (χ1n) is 6.32. The first kappa shape index (κ1) is 14.0. The van der Waals surface area contributed by atoms with Crippen LogP contribution in [0.2, 0.25) is 0 Å². The minimum Gasteiger partial charge on any atom is -0.398 e. The van der Waals surface area contributed by atoms with Gasteiger partial charge in [-0.1, -0.05) is 25.1 Å². The molecule has 17 heavy (non-hydrogen) atoms. The Hall–Kier alpha value is -1.06. The predicted octanol–water partition coefficient (Wildman–Crippen LogP) is 2.52. The number of benzene rings is 1. The van der Waals surface area contributed by atoms with E-state index in [1.165, 1.54) is 12.0 Å². The van der Waals surface area contributed by atoms with E-state index >= 15 is 0 Å². The van der Waals surface area contributed by atoms with Crippen LogP contribution in [0.25, 0.3) is 0 Å². The van der Waals surface area contributed by atoms with Gasteiger partial charge in [0.25, 0.3) is 0 Å². The number of ether oxygens (including phenoxy) is 1. The van der Waals surface area contributed by atoms with E-state index in [0.717, 1.165) is 38.3 Å². The van der Waals surface area contributed by atoms with E-state index in [1.807, 2.05) is 18.2 Å². The molecule has 0 aromatic heterocycles. The van der Waals surface area contributed by atoms with Gasteiger partial charge < -0.3 is 10.5 Å². The number of para-hydroxylation sites is 1. The van der Waals surface area contributed by atoms with Gasteiger partial charge in [-0.15, -0.1) is 0 Å². The molecule has 0 spiro atoms. The second-order valence-electron chi connectivity index (χ2n) is 4.27. The van der Waals surface area contributed by atoms with E-state index in [-0.39, 0.29) is 0 Å². The van der Waals surface area contributed by atoms with Crippen LogP contribution in [0.3, 0.4) is 0 Å². The third-order valence-electron chi connectivity index (χ3n) is 2.97. The molecule has 0 atom stereocenters. The van der Waals surface area contributed by atoms with Gasteiger partial charge in [0, 0.05) is 25.9 Å². The lowest BCUT2D eigenvalue weighted by molar-refractivity contribution is 0.183. The summed E-state index contributed by atoms with van der Waals surface area (Å²) in [5.74, 6) is 0. The molecule has 0 aliphatic carbocycles. The molecule has 0 bridgehead atoms. The van der Waals surface area contributed by atoms with Crippen molar-refractivity contribution >= 4 is 5.69 Å². The van der Waals surface area contributed by atoms with E-state index in [2.05, 4.69) is 17.9 Å². The monoisotopic (exact) mass is 236 g/mol. The van der Waals surface area contributed by atoms with Crippen LogP contribution in [0, 0.1) is 0 Å². The molecule has 3 nitrogen and oxygen atoms in total. The molecule has 2 N–H and O–H groups in total. The van der Waals surface area contributed by atoms with E-state index in [9.17, 15) is 0 Å². The molecule has 0 amide bonds. The van der Waals surface area contributed by atoms with Crippen LogP contribution in [-0.2, 0) is 11.3 Å². The Balaban J connectivity index is 2.38. The van der Waals surface area contributed by atoms with Crippen LogP contribution in [0.5, 0.6) is 0 Å². The van der Waals surface area contributed by atoms with Crippen molar-refractivity contribution < 1.29 is 4.74 Å². The molecule has 0 heterocycles. The number of unbranched alkanes of at least 4 members (excludes halogenated alkanes) is 1. The van der Waals surface area contributed by atoms with Gasteiger partial charge in [-0.05, 0) is 37.6 Å². The zero-order valence-corrected chi connectivity index (χ0v) is 11.0. The van der Waals surface area contributed by atoms with Gasteiger partial charge in [-0.3, -0.25) is 4.90 Å². The largest absolute Gasteiger partial charge is 0.398 e. The lowest BCUT2D eigenvalue weighted by atomic mass is 10.1. The summed E-state index contributed by atoms with van der Waals surface area (Å²) in [6.45, 7) is 6.14. The van der Waals surface area contributed by atoms with Gasteiger partial charge >= 0.3 is 0 Å². The summed E-state index contributed by atoms with van der Waals surface area (Å²) in [4.78, 5) is 2.42. The Morgan fingerprint density at radius 2 is 2.00 bits per heavy atom. The highest BCUT2D eigenvalue weighted by molar-refractivity contribution is 5.46. The van der Waals surface area contributed by atoms with E-state index in [1.54, 1.807) is 7.11 Å². The Morgan fingerprint density at radius 1 is 1.24 bits per heavy atom. The molecule has 0 fully saturated rings. The zero-order valence-electron chi connectivity index (χ0n) is 11.0. The Bertz CT molecular complexity index is 315. The molecule has 0 aliphatic rings. The number of hydrogen-bond donors (Lipinski definition) is 1. The molecule has 1 rings (SSSR count). The van der Waals surface area contributed by atoms with Crippen LogP contribution in [0.15, 0.2) is 24.3 Å². The average molecular weight is 236 g/mol. The standard InChI is InChI=1S/C14H24N2O/c1-3-16(10-6-7-11-17-2)12-13-8-4-5-9-14(13)15/h4-5,8-9H,3,6-7,10-12,15H2,1-2H3. The Labute approximate surface area is 105 Å². The maximum absolute atomic E-state index is 5.95. The fourth-order valence-electron chi connectivity index (χ4n) is 1.85. The molecule has 3 heteroatoms. The van der Waals surface area contributed by atoms with Gasteiger partial charge in [-0.25, -0.2) is 0 Å². The minimum atomic E-state index is 0.852. The van der Waals surface area contributed by atoms with Gasteiger partial charge in [-0.2, -0.15) is 0 Å². The topological polar surface area (TPSA) is 38.5 Å². The van der Waals surface area contributed by atoms with Crippen molar-refractivity contribution in [3.05, 3.63) is 29.8 Å². The molecule has 1 aromatic carbocycles. The molecule has 96 valence electrons. The normalized spacial score (nSPS) is 11.0. The van der Waals surface area contributed by atoms with Crippen molar-refractivity contribution in [3.8, 4) is 0 Å². The number of methoxy groups -OCH3 is 1. The summed E-state index contributed by atoms with van der Waals surface area (Å²) in [6.07, 6.45) is 2.30. The number of anilines is 1. The minimum absolute atomic E-state index is 0.852. The van der Waals surface area contributed by atoms with E-state index < -0.39 is 0 Å². The summed E-state index contributed by atoms with van der Waals surface area (Å²) in [5.41, 5.74) is 8.07. The molecular formula is C14H24N2O. The molecule has 0 saturated heterocycles. The third-order valence-corrected chi connectivity index (χ3v) is 2.97. The van der Waals surface area contributed by atoms with E-state index in [4.69, 9.17) is 10.5 Å². The smallest absolute Gasteiger partial charge is 0.0462 e. The quantitative estimate of drug-likeness (QED) is 0.557. The highest BCUT2D eigenvalue weighted by atomic mass is 16.5. The number of hydrogen-bond acceptors (Lipinski definition) is 3. The number of rotatable bonds is 8. The van der Waals surface area contributed by atoms with Crippen molar-refractivity contribution in [3.63, 3.8) is 0 Å². The van der Waals surface area contributed by atoms with Crippen molar-refractivity contribution in [2.24, 2.45) is 0 Å².